The molecule has 2 aromatic rings. The summed E-state index contributed by atoms with van der Waals surface area (Å²) >= 11 is 0. The van der Waals surface area contributed by atoms with Gasteiger partial charge >= 0.3 is 6.18 Å². The maximum atomic E-state index is 12.9. The molecule has 3 atom stereocenters. The molecule has 1 aliphatic carbocycles. The number of hydrogen-bond acceptors (Lipinski definition) is 4. The lowest BCUT2D eigenvalue weighted by atomic mass is 9.55. The molecule has 34 heavy (non-hydrogen) atoms. The summed E-state index contributed by atoms with van der Waals surface area (Å²) in [6.07, 6.45) is 0.401. The lowest BCUT2D eigenvalue weighted by molar-refractivity contribution is -0.137. The van der Waals surface area contributed by atoms with Gasteiger partial charge < -0.3 is 20.4 Å². The van der Waals surface area contributed by atoms with E-state index in [2.05, 4.69) is 10.2 Å². The molecule has 0 bridgehead atoms. The summed E-state index contributed by atoms with van der Waals surface area (Å²) in [5.74, 6) is -0.268. The maximum absolute atomic E-state index is 12.9. The number of piperidine rings is 1. The number of nitrogens with zero attached hydrogens (tertiary/aromatic N) is 1. The fourth-order valence-electron chi connectivity index (χ4n) is 5.53. The molecule has 5 nitrogen and oxygen atoms in total. The molecular formula is C26H29F3N2O3. The topological polar surface area (TPSA) is 72.8 Å². The van der Waals surface area contributed by atoms with Gasteiger partial charge in [-0.1, -0.05) is 24.3 Å². The van der Waals surface area contributed by atoms with Crippen molar-refractivity contribution in [3.8, 4) is 5.75 Å². The number of carbonyl (C=O) groups excluding carboxylic acids is 1. The molecule has 0 spiro atoms. The molecule has 8 heteroatoms. The number of phenolic OH excluding ortho intramolecular Hbond substituents is 1. The quantitative estimate of drug-likeness (QED) is 0.584. The fraction of sp³-hybridized carbons (Fsp3) is 0.423. The Morgan fingerprint density at radius 3 is 2.68 bits per heavy atom. The van der Waals surface area contributed by atoms with Gasteiger partial charge in [0.15, 0.2) is 0 Å². The second kappa shape index (κ2) is 9.07. The molecule has 3 N–H and O–H groups in total. The normalized spacial score (nSPS) is 28.0. The molecule has 1 heterocycles. The minimum absolute atomic E-state index is 0.128. The Kier molecular flexibility index (Phi) is 6.48. The van der Waals surface area contributed by atoms with Crippen molar-refractivity contribution in [1.29, 1.82) is 0 Å². The van der Waals surface area contributed by atoms with E-state index < -0.39 is 28.7 Å². The lowest BCUT2D eigenvalue weighted by Gasteiger charge is -2.57. The molecule has 3 unspecified atom stereocenters. The number of aliphatic hydroxyl groups is 1. The number of halogens is 3. The Bertz CT molecular complexity index is 1090. The van der Waals surface area contributed by atoms with Gasteiger partial charge in [0.2, 0.25) is 5.91 Å². The highest BCUT2D eigenvalue weighted by atomic mass is 19.4. The van der Waals surface area contributed by atoms with Crippen LogP contribution in [-0.4, -0.2) is 52.8 Å². The van der Waals surface area contributed by atoms with E-state index >= 15 is 0 Å². The third kappa shape index (κ3) is 4.83. The number of fused-ring (bicyclic) bond motifs is 1. The van der Waals surface area contributed by atoms with Crippen molar-refractivity contribution in [2.24, 2.45) is 0 Å². The van der Waals surface area contributed by atoms with Gasteiger partial charge in [-0.15, -0.1) is 0 Å². The van der Waals surface area contributed by atoms with E-state index in [1.165, 1.54) is 24.3 Å². The highest BCUT2D eigenvalue weighted by Crippen LogP contribution is 2.51. The number of hydrogen-bond donors (Lipinski definition) is 3. The third-order valence-corrected chi connectivity index (χ3v) is 7.23. The van der Waals surface area contributed by atoms with Crippen molar-refractivity contribution in [3.05, 3.63) is 71.3 Å². The second-order valence-electron chi connectivity index (χ2n) is 9.56. The number of benzene rings is 2. The average Bonchev–Trinajstić information content (AvgIpc) is 2.77. The van der Waals surface area contributed by atoms with Crippen LogP contribution < -0.4 is 5.32 Å². The Morgan fingerprint density at radius 2 is 1.94 bits per heavy atom. The largest absolute Gasteiger partial charge is 0.508 e. The summed E-state index contributed by atoms with van der Waals surface area (Å²) in [5.41, 5.74) is -1.25. The van der Waals surface area contributed by atoms with Crippen LogP contribution in [0.1, 0.15) is 42.4 Å². The molecule has 1 saturated carbocycles. The minimum atomic E-state index is -4.45. The molecule has 2 aromatic carbocycles. The van der Waals surface area contributed by atoms with Gasteiger partial charge in [-0.05, 0) is 80.7 Å². The smallest absolute Gasteiger partial charge is 0.416 e. The summed E-state index contributed by atoms with van der Waals surface area (Å²) < 4.78 is 38.8. The van der Waals surface area contributed by atoms with Crippen molar-refractivity contribution in [2.75, 3.05) is 20.1 Å². The predicted molar refractivity (Wildman–Crippen MR) is 123 cm³/mol. The van der Waals surface area contributed by atoms with Gasteiger partial charge in [0.25, 0.3) is 0 Å². The van der Waals surface area contributed by atoms with Crippen LogP contribution in [0.15, 0.2) is 54.6 Å². The molecule has 0 radical (unpaired) electrons. The number of alkyl halides is 3. The van der Waals surface area contributed by atoms with E-state index in [1.54, 1.807) is 18.2 Å². The van der Waals surface area contributed by atoms with E-state index in [0.29, 0.717) is 32.2 Å². The molecule has 4 rings (SSSR count). The summed E-state index contributed by atoms with van der Waals surface area (Å²) in [6.45, 7) is 1.27. The van der Waals surface area contributed by atoms with E-state index in [0.717, 1.165) is 24.2 Å². The number of aromatic hydroxyl groups is 1. The third-order valence-electron chi connectivity index (χ3n) is 7.23. The van der Waals surface area contributed by atoms with Crippen LogP contribution in [0.3, 0.4) is 0 Å². The van der Waals surface area contributed by atoms with Crippen molar-refractivity contribution >= 4 is 12.0 Å². The Labute approximate surface area is 196 Å². The van der Waals surface area contributed by atoms with Crippen LogP contribution >= 0.6 is 0 Å². The number of carbonyl (C=O) groups is 1. The average molecular weight is 475 g/mol. The predicted octanol–water partition coefficient (Wildman–Crippen LogP) is 4.10. The molecule has 1 saturated heterocycles. The van der Waals surface area contributed by atoms with Crippen LogP contribution in [0, 0.1) is 0 Å². The van der Waals surface area contributed by atoms with Crippen molar-refractivity contribution in [3.63, 3.8) is 0 Å². The molecule has 0 aromatic heterocycles. The molecule has 1 aliphatic heterocycles. The monoisotopic (exact) mass is 474 g/mol. The molecule has 2 aliphatic rings. The van der Waals surface area contributed by atoms with Crippen molar-refractivity contribution in [1.82, 2.24) is 10.2 Å². The van der Waals surface area contributed by atoms with Gasteiger partial charge in [0, 0.05) is 24.1 Å². The van der Waals surface area contributed by atoms with Gasteiger partial charge in [0.05, 0.1) is 11.2 Å². The molecule has 2 fully saturated rings. The number of likely N-dealkylation sites (N-methyl/N-ethyl adjacent to an activating group) is 1. The van der Waals surface area contributed by atoms with Gasteiger partial charge in [-0.2, -0.15) is 13.2 Å². The first-order valence-electron chi connectivity index (χ1n) is 11.4. The van der Waals surface area contributed by atoms with Crippen LogP contribution in [0.2, 0.25) is 0 Å². The Balaban J connectivity index is 1.52. The second-order valence-corrected chi connectivity index (χ2v) is 9.56. The van der Waals surface area contributed by atoms with Crippen LogP contribution in [0.5, 0.6) is 5.75 Å². The zero-order valence-corrected chi connectivity index (χ0v) is 19.0. The van der Waals surface area contributed by atoms with Crippen molar-refractivity contribution in [2.45, 2.75) is 48.9 Å². The molecule has 182 valence electrons. The lowest BCUT2D eigenvalue weighted by Crippen LogP contribution is -2.66. The van der Waals surface area contributed by atoms with Gasteiger partial charge in [-0.3, -0.25) is 4.79 Å². The number of β-amino-alcohol motifs (C(OH)–C–C–N with tert-alkyl or cyclic N) is 1. The number of rotatable bonds is 4. The zero-order chi connectivity index (χ0) is 24.6. The highest BCUT2D eigenvalue weighted by molar-refractivity contribution is 5.92. The fourth-order valence-corrected chi connectivity index (χ4v) is 5.53. The number of amides is 1. The van der Waals surface area contributed by atoms with Crippen LogP contribution in [0.25, 0.3) is 6.08 Å². The van der Waals surface area contributed by atoms with Gasteiger partial charge in [-0.25, -0.2) is 0 Å². The van der Waals surface area contributed by atoms with E-state index in [-0.39, 0.29) is 17.4 Å². The minimum Gasteiger partial charge on any atom is -0.508 e. The molecule has 1 amide bonds. The SMILES string of the molecule is CN1CCC2(c3cccc(O)c3)CC(NC(=O)/C=C/c3cccc(C(F)(F)F)c3)CCC2(O)C1. The van der Waals surface area contributed by atoms with E-state index in [1.807, 2.05) is 13.1 Å². The first kappa shape index (κ1) is 24.3. The summed E-state index contributed by atoms with van der Waals surface area (Å²) in [6, 6.07) is 11.5. The number of nitrogens with one attached hydrogen (secondary N) is 1. The Hall–Kier alpha value is -2.84. The van der Waals surface area contributed by atoms with E-state index in [9.17, 15) is 28.2 Å². The van der Waals surface area contributed by atoms with Gasteiger partial charge in [0.1, 0.15) is 5.75 Å². The number of phenols is 1. The van der Waals surface area contributed by atoms with Crippen LogP contribution in [-0.2, 0) is 16.4 Å². The van der Waals surface area contributed by atoms with Crippen LogP contribution in [0.4, 0.5) is 13.2 Å². The first-order valence-corrected chi connectivity index (χ1v) is 11.4. The zero-order valence-electron chi connectivity index (χ0n) is 19.0. The summed E-state index contributed by atoms with van der Waals surface area (Å²) in [7, 11) is 1.97. The first-order chi connectivity index (χ1) is 16.0. The number of likely N-dealkylation sites (tertiary alicyclic amines) is 1. The highest BCUT2D eigenvalue weighted by Gasteiger charge is 2.57. The standard InChI is InChI=1S/C26H29F3N2O3/c1-31-13-12-24(19-5-3-7-22(32)15-19)16-21(10-11-25(24,34)17-31)30-23(33)9-8-18-4-2-6-20(14-18)26(27,28)29/h2-9,14-15,21,32,34H,10-13,16-17H2,1H3,(H,30,33)/b9-8+. The van der Waals surface area contributed by atoms with E-state index in [4.69, 9.17) is 0 Å². The maximum Gasteiger partial charge on any atom is 0.416 e. The van der Waals surface area contributed by atoms with Crippen molar-refractivity contribution < 1.29 is 28.2 Å². The Morgan fingerprint density at radius 1 is 1.18 bits per heavy atom. The summed E-state index contributed by atoms with van der Waals surface area (Å²) in [5, 5.41) is 24.8. The molecular weight excluding hydrogens is 445 g/mol. The summed E-state index contributed by atoms with van der Waals surface area (Å²) in [4.78, 5) is 14.7.